The van der Waals surface area contributed by atoms with Gasteiger partial charge in [-0.3, -0.25) is 4.79 Å². The molecule has 1 unspecified atom stereocenters. The molecule has 0 aliphatic heterocycles. The Kier molecular flexibility index (Phi) is 5.46. The first kappa shape index (κ1) is 17.9. The summed E-state index contributed by atoms with van der Waals surface area (Å²) in [6, 6.07) is 17.8. The highest BCUT2D eigenvalue weighted by molar-refractivity contribution is 5.83. The number of hydrogen-bond acceptors (Lipinski definition) is 4. The zero-order valence-electron chi connectivity index (χ0n) is 15.3. The molecule has 0 bridgehead atoms. The van der Waals surface area contributed by atoms with Gasteiger partial charge in [0.25, 0.3) is 0 Å². The van der Waals surface area contributed by atoms with Gasteiger partial charge in [-0.2, -0.15) is 4.98 Å². The van der Waals surface area contributed by atoms with E-state index in [0.717, 1.165) is 23.1 Å². The first-order valence-electron chi connectivity index (χ1n) is 8.78. The van der Waals surface area contributed by atoms with Crippen LogP contribution in [0.2, 0.25) is 0 Å². The fourth-order valence-electron chi connectivity index (χ4n) is 3.01. The molecule has 0 aliphatic carbocycles. The fraction of sp³-hybridized carbons (Fsp3) is 0.286. The molecule has 0 spiro atoms. The standard InChI is InChI=1S/C21H23N3O2/c1-4-18(16-10-6-5-7-11-16)21(25)24(3)14-19-22-20(23-26-19)17-12-8-9-15(2)13-17/h5-13,18H,4,14H2,1-3H3. The Morgan fingerprint density at radius 1 is 1.15 bits per heavy atom. The van der Waals surface area contributed by atoms with Gasteiger partial charge in [-0.25, -0.2) is 0 Å². The second-order valence-electron chi connectivity index (χ2n) is 6.45. The second-order valence-corrected chi connectivity index (χ2v) is 6.45. The molecule has 26 heavy (non-hydrogen) atoms. The lowest BCUT2D eigenvalue weighted by Gasteiger charge is -2.22. The Balaban J connectivity index is 1.71. The summed E-state index contributed by atoms with van der Waals surface area (Å²) in [6.07, 6.45) is 0.742. The number of benzene rings is 2. The SMILES string of the molecule is CCC(C(=O)N(C)Cc1nc(-c2cccc(C)c2)no1)c1ccccc1. The van der Waals surface area contributed by atoms with Crippen LogP contribution in [0.15, 0.2) is 59.1 Å². The third-order valence-electron chi connectivity index (χ3n) is 4.40. The summed E-state index contributed by atoms with van der Waals surface area (Å²) >= 11 is 0. The molecule has 0 N–H and O–H groups in total. The summed E-state index contributed by atoms with van der Waals surface area (Å²) in [7, 11) is 1.77. The number of likely N-dealkylation sites (N-methyl/N-ethyl adjacent to an activating group) is 1. The van der Waals surface area contributed by atoms with E-state index in [0.29, 0.717) is 18.3 Å². The van der Waals surface area contributed by atoms with Gasteiger partial charge >= 0.3 is 0 Å². The van der Waals surface area contributed by atoms with Gasteiger partial charge in [-0.15, -0.1) is 0 Å². The Morgan fingerprint density at radius 3 is 2.62 bits per heavy atom. The predicted octanol–water partition coefficient (Wildman–Crippen LogP) is 4.20. The van der Waals surface area contributed by atoms with E-state index in [2.05, 4.69) is 10.1 Å². The van der Waals surface area contributed by atoms with E-state index in [9.17, 15) is 4.79 Å². The van der Waals surface area contributed by atoms with E-state index in [-0.39, 0.29) is 11.8 Å². The lowest BCUT2D eigenvalue weighted by molar-refractivity contribution is -0.132. The summed E-state index contributed by atoms with van der Waals surface area (Å²) in [5.74, 6) is 0.856. The van der Waals surface area contributed by atoms with E-state index in [4.69, 9.17) is 4.52 Å². The maximum atomic E-state index is 12.8. The zero-order valence-corrected chi connectivity index (χ0v) is 15.3. The van der Waals surface area contributed by atoms with Crippen molar-refractivity contribution in [2.24, 2.45) is 0 Å². The summed E-state index contributed by atoms with van der Waals surface area (Å²) in [6.45, 7) is 4.33. The molecule has 3 rings (SSSR count). The number of amides is 1. The smallest absolute Gasteiger partial charge is 0.246 e. The molecule has 1 atom stereocenters. The molecule has 1 heterocycles. The summed E-state index contributed by atoms with van der Waals surface area (Å²) in [5, 5.41) is 4.04. The normalized spacial score (nSPS) is 12.0. The van der Waals surface area contributed by atoms with Crippen molar-refractivity contribution >= 4 is 5.91 Å². The van der Waals surface area contributed by atoms with Crippen LogP contribution in [-0.2, 0) is 11.3 Å². The van der Waals surface area contributed by atoms with Crippen LogP contribution in [0.25, 0.3) is 11.4 Å². The minimum absolute atomic E-state index is 0.0500. The number of aryl methyl sites for hydroxylation is 1. The minimum atomic E-state index is -0.166. The first-order chi connectivity index (χ1) is 12.6. The fourth-order valence-corrected chi connectivity index (χ4v) is 3.01. The van der Waals surface area contributed by atoms with Crippen molar-refractivity contribution in [1.29, 1.82) is 0 Å². The van der Waals surface area contributed by atoms with Crippen LogP contribution >= 0.6 is 0 Å². The quantitative estimate of drug-likeness (QED) is 0.669. The van der Waals surface area contributed by atoms with Gasteiger partial charge < -0.3 is 9.42 Å². The number of carbonyl (C=O) groups excluding carboxylic acids is 1. The van der Waals surface area contributed by atoms with Crippen molar-refractivity contribution in [2.75, 3.05) is 7.05 Å². The lowest BCUT2D eigenvalue weighted by atomic mass is 9.95. The van der Waals surface area contributed by atoms with Crippen LogP contribution in [0.4, 0.5) is 0 Å². The molecule has 2 aromatic carbocycles. The number of carbonyl (C=O) groups is 1. The molecule has 0 fully saturated rings. The van der Waals surface area contributed by atoms with Gasteiger partial charge in [0.2, 0.25) is 17.6 Å². The van der Waals surface area contributed by atoms with Crippen molar-refractivity contribution in [2.45, 2.75) is 32.7 Å². The van der Waals surface area contributed by atoms with E-state index in [1.54, 1.807) is 11.9 Å². The van der Waals surface area contributed by atoms with Crippen LogP contribution in [0.5, 0.6) is 0 Å². The van der Waals surface area contributed by atoms with Crippen LogP contribution in [-0.4, -0.2) is 28.0 Å². The zero-order chi connectivity index (χ0) is 18.5. The molecular formula is C21H23N3O2. The van der Waals surface area contributed by atoms with Crippen molar-refractivity contribution in [3.8, 4) is 11.4 Å². The third-order valence-corrected chi connectivity index (χ3v) is 4.40. The Labute approximate surface area is 153 Å². The van der Waals surface area contributed by atoms with Crippen molar-refractivity contribution < 1.29 is 9.32 Å². The van der Waals surface area contributed by atoms with Gasteiger partial charge in [-0.05, 0) is 25.0 Å². The van der Waals surface area contributed by atoms with Gasteiger partial charge in [0.15, 0.2) is 0 Å². The highest BCUT2D eigenvalue weighted by atomic mass is 16.5. The predicted molar refractivity (Wildman–Crippen MR) is 100 cm³/mol. The van der Waals surface area contributed by atoms with Crippen molar-refractivity contribution in [3.05, 3.63) is 71.6 Å². The van der Waals surface area contributed by atoms with Crippen molar-refractivity contribution in [1.82, 2.24) is 15.0 Å². The maximum absolute atomic E-state index is 12.8. The summed E-state index contributed by atoms with van der Waals surface area (Å²) in [5.41, 5.74) is 3.07. The summed E-state index contributed by atoms with van der Waals surface area (Å²) in [4.78, 5) is 18.9. The summed E-state index contributed by atoms with van der Waals surface area (Å²) < 4.78 is 5.34. The second kappa shape index (κ2) is 7.95. The average Bonchev–Trinajstić information content (AvgIpc) is 3.11. The molecule has 0 saturated carbocycles. The minimum Gasteiger partial charge on any atom is -0.337 e. The Hall–Kier alpha value is -2.95. The molecule has 3 aromatic rings. The number of rotatable bonds is 6. The van der Waals surface area contributed by atoms with Crippen LogP contribution in [0.1, 0.15) is 36.3 Å². The van der Waals surface area contributed by atoms with E-state index >= 15 is 0 Å². The highest BCUT2D eigenvalue weighted by Gasteiger charge is 2.23. The molecule has 5 nitrogen and oxygen atoms in total. The van der Waals surface area contributed by atoms with Crippen LogP contribution < -0.4 is 0 Å². The topological polar surface area (TPSA) is 59.2 Å². The van der Waals surface area contributed by atoms with Crippen LogP contribution in [0.3, 0.4) is 0 Å². The van der Waals surface area contributed by atoms with E-state index < -0.39 is 0 Å². The first-order valence-corrected chi connectivity index (χ1v) is 8.78. The monoisotopic (exact) mass is 349 g/mol. The average molecular weight is 349 g/mol. The van der Waals surface area contributed by atoms with Gasteiger partial charge in [0.05, 0.1) is 12.5 Å². The molecule has 1 amide bonds. The molecule has 0 radical (unpaired) electrons. The molecule has 1 aromatic heterocycles. The van der Waals surface area contributed by atoms with E-state index in [1.165, 1.54) is 0 Å². The van der Waals surface area contributed by atoms with Gasteiger partial charge in [-0.1, -0.05) is 66.2 Å². The number of hydrogen-bond donors (Lipinski definition) is 0. The van der Waals surface area contributed by atoms with Gasteiger partial charge in [0, 0.05) is 12.6 Å². The number of aromatic nitrogens is 2. The number of nitrogens with zero attached hydrogens (tertiary/aromatic N) is 3. The largest absolute Gasteiger partial charge is 0.337 e. The van der Waals surface area contributed by atoms with E-state index in [1.807, 2.05) is 68.4 Å². The molecule has 134 valence electrons. The third kappa shape index (κ3) is 3.99. The molecule has 0 saturated heterocycles. The van der Waals surface area contributed by atoms with Crippen LogP contribution in [0, 0.1) is 6.92 Å². The molecule has 5 heteroatoms. The van der Waals surface area contributed by atoms with Gasteiger partial charge in [0.1, 0.15) is 0 Å². The lowest BCUT2D eigenvalue weighted by Crippen LogP contribution is -2.31. The highest BCUT2D eigenvalue weighted by Crippen LogP contribution is 2.23. The molecular weight excluding hydrogens is 326 g/mol. The Bertz CT molecular complexity index is 874. The molecule has 0 aliphatic rings. The maximum Gasteiger partial charge on any atom is 0.246 e. The van der Waals surface area contributed by atoms with Crippen molar-refractivity contribution in [3.63, 3.8) is 0 Å². The Morgan fingerprint density at radius 2 is 1.92 bits per heavy atom.